The molecule has 0 spiro atoms. The van der Waals surface area contributed by atoms with Crippen LogP contribution in [-0.2, 0) is 22.3 Å². The predicted octanol–water partition coefficient (Wildman–Crippen LogP) is 3.40. The molecule has 2 amide bonds. The number of ether oxygens (including phenoxy) is 1. The van der Waals surface area contributed by atoms with Crippen molar-refractivity contribution in [2.24, 2.45) is 0 Å². The quantitative estimate of drug-likeness (QED) is 0.330. The maximum atomic E-state index is 13.2. The highest BCUT2D eigenvalue weighted by Gasteiger charge is 2.44. The van der Waals surface area contributed by atoms with Gasteiger partial charge in [0, 0.05) is 14.1 Å². The first-order chi connectivity index (χ1) is 15.7. The SMILES string of the molecule is CCCOC(=O)c1c(NC(=O)Cn2nc(C(F)(F)F)c([N+](=O)[O-])c2C)sc(C(=O)N(C)C)c1C. The maximum Gasteiger partial charge on any atom is 0.442 e. The Morgan fingerprint density at radius 1 is 1.26 bits per heavy atom. The summed E-state index contributed by atoms with van der Waals surface area (Å²) in [6.07, 6.45) is -4.57. The smallest absolute Gasteiger partial charge is 0.442 e. The molecule has 0 unspecified atom stereocenters. The largest absolute Gasteiger partial charge is 0.462 e. The number of nitrogens with zero attached hydrogens (tertiary/aromatic N) is 4. The van der Waals surface area contributed by atoms with E-state index in [2.05, 4.69) is 10.4 Å². The van der Waals surface area contributed by atoms with Gasteiger partial charge in [-0.25, -0.2) is 4.79 Å². The summed E-state index contributed by atoms with van der Waals surface area (Å²) in [6, 6.07) is 0. The van der Waals surface area contributed by atoms with Gasteiger partial charge in [0.15, 0.2) is 0 Å². The number of anilines is 1. The molecule has 0 saturated heterocycles. The number of thiophene rings is 1. The van der Waals surface area contributed by atoms with Crippen molar-refractivity contribution >= 4 is 39.8 Å². The molecule has 2 aromatic rings. The molecule has 2 heterocycles. The maximum absolute atomic E-state index is 13.2. The Bertz CT molecular complexity index is 1140. The van der Waals surface area contributed by atoms with Gasteiger partial charge in [-0.2, -0.15) is 18.3 Å². The van der Waals surface area contributed by atoms with Gasteiger partial charge in [-0.15, -0.1) is 11.3 Å². The molecule has 0 aliphatic carbocycles. The number of nitro groups is 1. The number of esters is 1. The van der Waals surface area contributed by atoms with Gasteiger partial charge in [-0.05, 0) is 25.8 Å². The highest BCUT2D eigenvalue weighted by atomic mass is 32.1. The lowest BCUT2D eigenvalue weighted by molar-refractivity contribution is -0.388. The fraction of sp³-hybridized carbons (Fsp3) is 0.474. The second-order valence-corrected chi connectivity index (χ2v) is 8.36. The van der Waals surface area contributed by atoms with Crippen molar-refractivity contribution in [2.45, 2.75) is 39.9 Å². The van der Waals surface area contributed by atoms with E-state index in [1.807, 2.05) is 0 Å². The Morgan fingerprint density at radius 3 is 2.35 bits per heavy atom. The summed E-state index contributed by atoms with van der Waals surface area (Å²) in [5.74, 6) is -2.13. The fourth-order valence-electron chi connectivity index (χ4n) is 2.92. The fourth-order valence-corrected chi connectivity index (χ4v) is 4.16. The molecule has 1 N–H and O–H groups in total. The van der Waals surface area contributed by atoms with Crippen molar-refractivity contribution in [2.75, 3.05) is 26.0 Å². The van der Waals surface area contributed by atoms with Gasteiger partial charge < -0.3 is 15.0 Å². The molecular weight excluding hydrogens is 483 g/mol. The van der Waals surface area contributed by atoms with Crippen molar-refractivity contribution in [3.8, 4) is 0 Å². The van der Waals surface area contributed by atoms with E-state index in [0.717, 1.165) is 18.3 Å². The van der Waals surface area contributed by atoms with Crippen LogP contribution in [0, 0.1) is 24.0 Å². The molecule has 2 aromatic heterocycles. The van der Waals surface area contributed by atoms with Crippen LogP contribution in [0.25, 0.3) is 0 Å². The normalized spacial score (nSPS) is 11.3. The van der Waals surface area contributed by atoms with Gasteiger partial charge >= 0.3 is 17.8 Å². The van der Waals surface area contributed by atoms with Crippen LogP contribution in [0.15, 0.2) is 0 Å². The first-order valence-corrected chi connectivity index (χ1v) is 10.6. The molecule has 0 aromatic carbocycles. The molecule has 11 nitrogen and oxygen atoms in total. The number of hydrogen-bond donors (Lipinski definition) is 1. The summed E-state index contributed by atoms with van der Waals surface area (Å²) >= 11 is 0.803. The van der Waals surface area contributed by atoms with Crippen LogP contribution in [0.4, 0.5) is 23.9 Å². The first kappa shape index (κ1) is 26.8. The zero-order valence-electron chi connectivity index (χ0n) is 18.9. The number of amides is 2. The molecule has 0 fully saturated rings. The third-order valence-corrected chi connectivity index (χ3v) is 5.76. The molecule has 186 valence electrons. The number of halogens is 3. The minimum absolute atomic E-state index is 0.0378. The van der Waals surface area contributed by atoms with Crippen molar-refractivity contribution in [3.63, 3.8) is 0 Å². The summed E-state index contributed by atoms with van der Waals surface area (Å²) in [5.41, 5.74) is -3.24. The Morgan fingerprint density at radius 2 is 1.88 bits per heavy atom. The number of rotatable bonds is 8. The Hall–Kier alpha value is -3.49. The number of aromatic nitrogens is 2. The average Bonchev–Trinajstić information content (AvgIpc) is 3.22. The summed E-state index contributed by atoms with van der Waals surface area (Å²) in [7, 11) is 3.00. The first-order valence-electron chi connectivity index (χ1n) is 9.81. The van der Waals surface area contributed by atoms with E-state index in [0.29, 0.717) is 11.1 Å². The minimum atomic E-state index is -5.10. The number of carbonyl (C=O) groups excluding carboxylic acids is 3. The standard InChI is InChI=1S/C19H22F3N5O6S/c1-6-7-33-18(30)12-9(2)14(17(29)25(4)5)34-16(12)23-11(28)8-26-10(3)13(27(31)32)15(24-26)19(20,21)22/h6-8H2,1-5H3,(H,23,28). The third kappa shape index (κ3) is 5.52. The van der Waals surface area contributed by atoms with Crippen molar-refractivity contribution in [1.82, 2.24) is 14.7 Å². The predicted molar refractivity (Wildman–Crippen MR) is 115 cm³/mol. The van der Waals surface area contributed by atoms with Crippen LogP contribution in [0.3, 0.4) is 0 Å². The van der Waals surface area contributed by atoms with Gasteiger partial charge in [0.25, 0.3) is 5.91 Å². The topological polar surface area (TPSA) is 137 Å². The van der Waals surface area contributed by atoms with E-state index in [1.165, 1.54) is 25.9 Å². The zero-order valence-corrected chi connectivity index (χ0v) is 19.7. The molecule has 0 atom stereocenters. The van der Waals surface area contributed by atoms with Crippen LogP contribution >= 0.6 is 11.3 Å². The number of hydrogen-bond acceptors (Lipinski definition) is 8. The molecule has 2 rings (SSSR count). The van der Waals surface area contributed by atoms with Crippen LogP contribution in [0.2, 0.25) is 0 Å². The van der Waals surface area contributed by atoms with Gasteiger partial charge in [0.1, 0.15) is 17.2 Å². The molecule has 15 heteroatoms. The third-order valence-electron chi connectivity index (χ3n) is 4.56. The van der Waals surface area contributed by atoms with Gasteiger partial charge in [-0.3, -0.25) is 24.4 Å². The van der Waals surface area contributed by atoms with E-state index in [1.54, 1.807) is 6.92 Å². The van der Waals surface area contributed by atoms with Crippen molar-refractivity contribution in [3.05, 3.63) is 37.5 Å². The van der Waals surface area contributed by atoms with Crippen molar-refractivity contribution in [1.29, 1.82) is 0 Å². The van der Waals surface area contributed by atoms with Crippen LogP contribution in [0.1, 0.15) is 50.3 Å². The Kier molecular flexibility index (Phi) is 8.02. The monoisotopic (exact) mass is 505 g/mol. The van der Waals surface area contributed by atoms with Gasteiger partial charge in [0.2, 0.25) is 11.6 Å². The minimum Gasteiger partial charge on any atom is -0.462 e. The molecule has 34 heavy (non-hydrogen) atoms. The van der Waals surface area contributed by atoms with E-state index >= 15 is 0 Å². The summed E-state index contributed by atoms with van der Waals surface area (Å²) in [4.78, 5) is 49.0. The Labute approximate surface area is 195 Å². The molecular formula is C19H22F3N5O6S. The van der Waals surface area contributed by atoms with E-state index in [-0.39, 0.29) is 27.6 Å². The lowest BCUT2D eigenvalue weighted by Gasteiger charge is -2.09. The molecule has 0 radical (unpaired) electrons. The van der Waals surface area contributed by atoms with Crippen LogP contribution in [0.5, 0.6) is 0 Å². The number of nitrogens with one attached hydrogen (secondary N) is 1. The van der Waals surface area contributed by atoms with E-state index in [4.69, 9.17) is 4.74 Å². The van der Waals surface area contributed by atoms with Gasteiger partial charge in [-0.1, -0.05) is 6.92 Å². The summed E-state index contributed by atoms with van der Waals surface area (Å²) < 4.78 is 45.1. The number of carbonyl (C=O) groups is 3. The Balaban J connectivity index is 2.43. The molecule has 0 aliphatic rings. The molecule has 0 aliphatic heterocycles. The van der Waals surface area contributed by atoms with Crippen LogP contribution in [-0.4, -0.2) is 58.1 Å². The highest BCUT2D eigenvalue weighted by molar-refractivity contribution is 7.18. The zero-order chi connectivity index (χ0) is 26.0. The van der Waals surface area contributed by atoms with Gasteiger partial charge in [0.05, 0.1) is 22.0 Å². The lowest BCUT2D eigenvalue weighted by Crippen LogP contribution is -2.22. The lowest BCUT2D eigenvalue weighted by atomic mass is 10.1. The average molecular weight is 505 g/mol. The van der Waals surface area contributed by atoms with E-state index in [9.17, 15) is 37.7 Å². The molecule has 0 bridgehead atoms. The summed E-state index contributed by atoms with van der Waals surface area (Å²) in [6.45, 7) is 3.60. The summed E-state index contributed by atoms with van der Waals surface area (Å²) in [5, 5.41) is 16.7. The second-order valence-electron chi connectivity index (χ2n) is 7.34. The molecule has 0 saturated carbocycles. The second kappa shape index (κ2) is 10.2. The van der Waals surface area contributed by atoms with E-state index < -0.39 is 52.5 Å². The van der Waals surface area contributed by atoms with Crippen LogP contribution < -0.4 is 5.32 Å². The van der Waals surface area contributed by atoms with Crippen molar-refractivity contribution < 1.29 is 37.2 Å². The number of alkyl halides is 3. The highest BCUT2D eigenvalue weighted by Crippen LogP contribution is 2.37.